The van der Waals surface area contributed by atoms with Crippen molar-refractivity contribution in [3.05, 3.63) is 131 Å². The lowest BCUT2D eigenvalue weighted by Gasteiger charge is -2.33. The molecular weight excluding hydrogens is 589 g/mol. The van der Waals surface area contributed by atoms with E-state index in [1.807, 2.05) is 37.3 Å². The number of benzene rings is 4. The standard InChI is InChI=1S/C33H33ClFN3O4S/c1-3-36-33(40)31(21-25-7-5-4-6-8-25)37(22-26-11-15-28(35)16-12-26)32(39)23-38(29-17-9-24(2)10-18-29)43(41,42)30-19-13-27(34)14-20-30/h4-20,31H,3,21-23H2,1-2H3,(H,36,40)/t31-/m1/s1. The van der Waals surface area contributed by atoms with E-state index >= 15 is 0 Å². The van der Waals surface area contributed by atoms with Gasteiger partial charge in [-0.15, -0.1) is 0 Å². The van der Waals surface area contributed by atoms with Crippen LogP contribution in [-0.4, -0.2) is 44.3 Å². The van der Waals surface area contributed by atoms with Crippen LogP contribution in [0.3, 0.4) is 0 Å². The van der Waals surface area contributed by atoms with Crippen LogP contribution in [0.1, 0.15) is 23.6 Å². The van der Waals surface area contributed by atoms with E-state index in [1.54, 1.807) is 31.2 Å². The summed E-state index contributed by atoms with van der Waals surface area (Å²) in [5, 5.41) is 3.18. The molecule has 0 fully saturated rings. The Labute approximate surface area is 257 Å². The van der Waals surface area contributed by atoms with E-state index in [4.69, 9.17) is 11.6 Å². The van der Waals surface area contributed by atoms with E-state index in [-0.39, 0.29) is 29.5 Å². The van der Waals surface area contributed by atoms with Crippen molar-refractivity contribution in [2.75, 3.05) is 17.4 Å². The second kappa shape index (κ2) is 14.3. The van der Waals surface area contributed by atoms with Crippen molar-refractivity contribution < 1.29 is 22.4 Å². The Bertz CT molecular complexity index is 1630. The molecule has 4 aromatic rings. The summed E-state index contributed by atoms with van der Waals surface area (Å²) in [5.74, 6) is -1.43. The van der Waals surface area contributed by atoms with Gasteiger partial charge in [0.1, 0.15) is 18.4 Å². The first kappa shape index (κ1) is 31.7. The Morgan fingerprint density at radius 2 is 1.49 bits per heavy atom. The molecule has 43 heavy (non-hydrogen) atoms. The van der Waals surface area contributed by atoms with Crippen LogP contribution in [0, 0.1) is 12.7 Å². The van der Waals surface area contributed by atoms with Crippen LogP contribution in [0.25, 0.3) is 0 Å². The third-order valence-corrected chi connectivity index (χ3v) is 8.93. The van der Waals surface area contributed by atoms with Gasteiger partial charge in [-0.1, -0.05) is 71.8 Å². The number of hydrogen-bond acceptors (Lipinski definition) is 4. The molecule has 0 aliphatic carbocycles. The van der Waals surface area contributed by atoms with Gasteiger partial charge in [-0.2, -0.15) is 0 Å². The number of sulfonamides is 1. The summed E-state index contributed by atoms with van der Waals surface area (Å²) in [7, 11) is -4.23. The van der Waals surface area contributed by atoms with Crippen LogP contribution in [0.4, 0.5) is 10.1 Å². The van der Waals surface area contributed by atoms with Crippen LogP contribution in [0.5, 0.6) is 0 Å². The third-order valence-electron chi connectivity index (χ3n) is 6.89. The van der Waals surface area contributed by atoms with Gasteiger partial charge in [-0.3, -0.25) is 13.9 Å². The quantitative estimate of drug-likeness (QED) is 0.218. The Hall–Kier alpha value is -4.21. The SMILES string of the molecule is CCNC(=O)[C@@H](Cc1ccccc1)N(Cc1ccc(F)cc1)C(=O)CN(c1ccc(C)cc1)S(=O)(=O)c1ccc(Cl)cc1. The number of nitrogens with zero attached hydrogens (tertiary/aromatic N) is 2. The summed E-state index contributed by atoms with van der Waals surface area (Å²) in [6.07, 6.45) is 0.189. The lowest BCUT2D eigenvalue weighted by atomic mass is 10.0. The Morgan fingerprint density at radius 1 is 0.860 bits per heavy atom. The molecule has 0 unspecified atom stereocenters. The molecule has 0 aliphatic rings. The Balaban J connectivity index is 1.78. The molecule has 4 rings (SSSR count). The minimum Gasteiger partial charge on any atom is -0.355 e. The maximum absolute atomic E-state index is 14.3. The van der Waals surface area contributed by atoms with Crippen LogP contribution in [0.2, 0.25) is 5.02 Å². The number of anilines is 1. The summed E-state index contributed by atoms with van der Waals surface area (Å²) >= 11 is 6.01. The molecule has 0 bridgehead atoms. The molecule has 0 saturated heterocycles. The maximum atomic E-state index is 14.3. The first-order chi connectivity index (χ1) is 20.6. The van der Waals surface area contributed by atoms with Crippen molar-refractivity contribution in [3.63, 3.8) is 0 Å². The van der Waals surface area contributed by atoms with Gasteiger partial charge < -0.3 is 10.2 Å². The number of likely N-dealkylation sites (N-methyl/N-ethyl adjacent to an activating group) is 1. The normalized spacial score (nSPS) is 11.9. The Morgan fingerprint density at radius 3 is 2.09 bits per heavy atom. The highest BCUT2D eigenvalue weighted by Crippen LogP contribution is 2.26. The Kier molecular flexibility index (Phi) is 10.6. The van der Waals surface area contributed by atoms with E-state index in [9.17, 15) is 22.4 Å². The average molecular weight is 622 g/mol. The summed E-state index contributed by atoms with van der Waals surface area (Å²) in [4.78, 5) is 29.1. The molecule has 0 aliphatic heterocycles. The van der Waals surface area contributed by atoms with Crippen molar-refractivity contribution in [3.8, 4) is 0 Å². The predicted octanol–water partition coefficient (Wildman–Crippen LogP) is 5.76. The molecule has 7 nitrogen and oxygen atoms in total. The van der Waals surface area contributed by atoms with E-state index in [2.05, 4.69) is 5.32 Å². The smallest absolute Gasteiger partial charge is 0.264 e. The average Bonchev–Trinajstić information content (AvgIpc) is 3.00. The number of amides is 2. The fourth-order valence-electron chi connectivity index (χ4n) is 4.61. The molecule has 0 heterocycles. The fraction of sp³-hybridized carbons (Fsp3) is 0.212. The van der Waals surface area contributed by atoms with Crippen LogP contribution >= 0.6 is 11.6 Å². The molecule has 0 spiro atoms. The van der Waals surface area contributed by atoms with Gasteiger partial charge in [-0.25, -0.2) is 12.8 Å². The number of nitrogens with one attached hydrogen (secondary N) is 1. The van der Waals surface area contributed by atoms with Gasteiger partial charge in [-0.05, 0) is 73.5 Å². The van der Waals surface area contributed by atoms with Gasteiger partial charge in [0.25, 0.3) is 10.0 Å². The minimum atomic E-state index is -4.23. The van der Waals surface area contributed by atoms with Crippen molar-refractivity contribution in [2.24, 2.45) is 0 Å². The van der Waals surface area contributed by atoms with E-state index in [0.717, 1.165) is 15.4 Å². The van der Waals surface area contributed by atoms with E-state index in [0.29, 0.717) is 17.1 Å². The van der Waals surface area contributed by atoms with Crippen molar-refractivity contribution in [2.45, 2.75) is 37.8 Å². The van der Waals surface area contributed by atoms with Crippen LogP contribution < -0.4 is 9.62 Å². The first-order valence-electron chi connectivity index (χ1n) is 13.8. The van der Waals surface area contributed by atoms with Crippen LogP contribution in [-0.2, 0) is 32.6 Å². The fourth-order valence-corrected chi connectivity index (χ4v) is 6.15. The zero-order chi connectivity index (χ0) is 31.0. The molecule has 10 heteroatoms. The molecular formula is C33H33ClFN3O4S. The number of carbonyl (C=O) groups is 2. The second-order valence-corrected chi connectivity index (χ2v) is 12.3. The van der Waals surface area contributed by atoms with Crippen LogP contribution in [0.15, 0.2) is 108 Å². The first-order valence-corrected chi connectivity index (χ1v) is 15.6. The largest absolute Gasteiger partial charge is 0.355 e. The molecule has 0 aromatic heterocycles. The van der Waals surface area contributed by atoms with E-state index in [1.165, 1.54) is 53.4 Å². The highest BCUT2D eigenvalue weighted by molar-refractivity contribution is 7.92. The number of halogens is 2. The number of aryl methyl sites for hydroxylation is 1. The highest BCUT2D eigenvalue weighted by atomic mass is 35.5. The van der Waals surface area contributed by atoms with Gasteiger partial charge >= 0.3 is 0 Å². The summed E-state index contributed by atoms with van der Waals surface area (Å²) in [5.41, 5.74) is 2.60. The molecule has 1 atom stereocenters. The van der Waals surface area contributed by atoms with Crippen molar-refractivity contribution in [1.29, 1.82) is 0 Å². The summed E-state index contributed by atoms with van der Waals surface area (Å²) < 4.78 is 42.7. The summed E-state index contributed by atoms with van der Waals surface area (Å²) in [6, 6.07) is 26.4. The lowest BCUT2D eigenvalue weighted by Crippen LogP contribution is -2.53. The summed E-state index contributed by atoms with van der Waals surface area (Å²) in [6.45, 7) is 3.36. The number of rotatable bonds is 12. The predicted molar refractivity (Wildman–Crippen MR) is 167 cm³/mol. The van der Waals surface area contributed by atoms with Gasteiger partial charge in [0.05, 0.1) is 10.6 Å². The van der Waals surface area contributed by atoms with Gasteiger partial charge in [0.2, 0.25) is 11.8 Å². The van der Waals surface area contributed by atoms with Gasteiger partial charge in [0.15, 0.2) is 0 Å². The zero-order valence-electron chi connectivity index (χ0n) is 23.9. The monoisotopic (exact) mass is 621 g/mol. The topological polar surface area (TPSA) is 86.8 Å². The number of hydrogen-bond donors (Lipinski definition) is 1. The number of carbonyl (C=O) groups excluding carboxylic acids is 2. The molecule has 2 amide bonds. The van der Waals surface area contributed by atoms with E-state index < -0.39 is 34.3 Å². The lowest BCUT2D eigenvalue weighted by molar-refractivity contribution is -0.140. The maximum Gasteiger partial charge on any atom is 0.264 e. The third kappa shape index (κ3) is 8.21. The molecule has 4 aromatic carbocycles. The van der Waals surface area contributed by atoms with Crippen molar-refractivity contribution >= 4 is 39.1 Å². The van der Waals surface area contributed by atoms with Crippen molar-refractivity contribution in [1.82, 2.24) is 10.2 Å². The zero-order valence-corrected chi connectivity index (χ0v) is 25.5. The van der Waals surface area contributed by atoms with Gasteiger partial charge in [0, 0.05) is 24.5 Å². The minimum absolute atomic E-state index is 0.0417. The second-order valence-electron chi connectivity index (χ2n) is 10.0. The molecule has 0 saturated carbocycles. The molecule has 224 valence electrons. The molecule has 0 radical (unpaired) electrons. The highest BCUT2D eigenvalue weighted by Gasteiger charge is 2.34. The molecule has 1 N–H and O–H groups in total.